The molecule has 0 spiro atoms. The maximum atomic E-state index is 12.6. The van der Waals surface area contributed by atoms with E-state index in [0.717, 1.165) is 62.3 Å². The number of likely N-dealkylation sites (N-methyl/N-ethyl adjacent to an activating group) is 1. The molecule has 0 aromatic carbocycles. The zero-order valence-electron chi connectivity index (χ0n) is 17.5. The first-order chi connectivity index (χ1) is 13.5. The van der Waals surface area contributed by atoms with Gasteiger partial charge in [0.05, 0.1) is 5.69 Å². The highest BCUT2D eigenvalue weighted by atomic mass is 16.1. The molecule has 1 atom stereocenters. The van der Waals surface area contributed by atoms with E-state index >= 15 is 0 Å². The molecule has 0 radical (unpaired) electrons. The topological polar surface area (TPSA) is 83.2 Å². The Morgan fingerprint density at radius 1 is 1.07 bits per heavy atom. The third-order valence-corrected chi connectivity index (χ3v) is 6.69. The van der Waals surface area contributed by atoms with Gasteiger partial charge in [0, 0.05) is 56.3 Å². The second-order valence-corrected chi connectivity index (χ2v) is 8.72. The molecule has 2 aliphatic carbocycles. The smallest absolute Gasteiger partial charge is 0.253 e. The van der Waals surface area contributed by atoms with Gasteiger partial charge >= 0.3 is 0 Å². The van der Waals surface area contributed by atoms with Crippen molar-refractivity contribution < 1.29 is 0 Å². The monoisotopic (exact) mass is 386 g/mol. The number of H-pyrrole nitrogens is 1. The zero-order chi connectivity index (χ0) is 19.8. The minimum Gasteiger partial charge on any atom is -0.328 e. The molecule has 1 saturated carbocycles. The highest BCUT2D eigenvalue weighted by Crippen LogP contribution is 2.38. The number of pyridine rings is 1. The third-order valence-electron chi connectivity index (χ3n) is 6.69. The first kappa shape index (κ1) is 19.6. The molecule has 3 N–H and O–H groups in total. The van der Waals surface area contributed by atoms with Crippen LogP contribution in [-0.4, -0.2) is 63.8 Å². The van der Waals surface area contributed by atoms with Gasteiger partial charge in [0.1, 0.15) is 5.65 Å². The first-order valence-electron chi connectivity index (χ1n) is 10.7. The highest BCUT2D eigenvalue weighted by molar-refractivity contribution is 5.83. The molecule has 1 saturated heterocycles. The Hall–Kier alpha value is -1.70. The fraction of sp³-hybridized carbons (Fsp3) is 0.714. The molecule has 5 rings (SSSR count). The average Bonchev–Trinajstić information content (AvgIpc) is 2.94. The molecule has 3 aliphatic rings. The minimum absolute atomic E-state index is 0.0781. The predicted molar refractivity (Wildman–Crippen MR) is 113 cm³/mol. The summed E-state index contributed by atoms with van der Waals surface area (Å²) in [5.74, 6) is 0. The van der Waals surface area contributed by atoms with Crippen molar-refractivity contribution in [2.75, 3.05) is 33.2 Å². The zero-order valence-corrected chi connectivity index (χ0v) is 17.5. The summed E-state index contributed by atoms with van der Waals surface area (Å²) in [6.07, 6.45) is 7.02. The molecule has 7 heteroatoms. The van der Waals surface area contributed by atoms with Crippen molar-refractivity contribution in [2.24, 2.45) is 12.8 Å². The standard InChI is InChI=1S/C17H25N5O.C4H9N/c1-11-14-15-12(17(23)18-16(14)21(3)19-11)5-4-6-13(15)22-9-7-20(2)8-10-22;5-4-2-1-3-4/h13H,4-10H2,1-3H3,(H,18,23);4H,1-3,5H2. The Morgan fingerprint density at radius 2 is 1.75 bits per heavy atom. The summed E-state index contributed by atoms with van der Waals surface area (Å²) in [6.45, 7) is 6.41. The molecule has 2 aromatic heterocycles. The number of aryl methyl sites for hydroxylation is 2. The van der Waals surface area contributed by atoms with E-state index in [9.17, 15) is 4.79 Å². The number of aromatic amines is 1. The van der Waals surface area contributed by atoms with Gasteiger partial charge in [-0.1, -0.05) is 6.42 Å². The van der Waals surface area contributed by atoms with Crippen LogP contribution in [0.15, 0.2) is 4.79 Å². The van der Waals surface area contributed by atoms with Crippen LogP contribution in [0.1, 0.15) is 55.0 Å². The number of rotatable bonds is 1. The van der Waals surface area contributed by atoms with E-state index < -0.39 is 0 Å². The molecule has 1 unspecified atom stereocenters. The van der Waals surface area contributed by atoms with Crippen LogP contribution in [0.2, 0.25) is 0 Å². The van der Waals surface area contributed by atoms with E-state index in [1.165, 1.54) is 30.2 Å². The summed E-state index contributed by atoms with van der Waals surface area (Å²) in [4.78, 5) is 20.6. The summed E-state index contributed by atoms with van der Waals surface area (Å²) in [6, 6.07) is 0.926. The Labute approximate surface area is 166 Å². The van der Waals surface area contributed by atoms with Crippen LogP contribution in [0.4, 0.5) is 0 Å². The van der Waals surface area contributed by atoms with Crippen molar-refractivity contribution in [1.29, 1.82) is 0 Å². The molecule has 2 fully saturated rings. The fourth-order valence-electron chi connectivity index (χ4n) is 4.75. The van der Waals surface area contributed by atoms with Crippen LogP contribution < -0.4 is 11.3 Å². The lowest BCUT2D eigenvalue weighted by Crippen LogP contribution is -2.47. The van der Waals surface area contributed by atoms with Gasteiger partial charge in [-0.05, 0) is 51.6 Å². The summed E-state index contributed by atoms with van der Waals surface area (Å²) in [7, 11) is 4.09. The van der Waals surface area contributed by atoms with Crippen molar-refractivity contribution >= 4 is 11.0 Å². The van der Waals surface area contributed by atoms with Crippen molar-refractivity contribution in [3.05, 3.63) is 27.2 Å². The van der Waals surface area contributed by atoms with E-state index in [4.69, 9.17) is 5.73 Å². The van der Waals surface area contributed by atoms with Gasteiger partial charge < -0.3 is 15.6 Å². The number of nitrogens with one attached hydrogen (secondary N) is 1. The third kappa shape index (κ3) is 3.63. The second-order valence-electron chi connectivity index (χ2n) is 8.72. The summed E-state index contributed by atoms with van der Waals surface area (Å²) in [5, 5.41) is 5.72. The summed E-state index contributed by atoms with van der Waals surface area (Å²) >= 11 is 0. The van der Waals surface area contributed by atoms with Crippen LogP contribution in [0.5, 0.6) is 0 Å². The Bertz CT molecular complexity index is 888. The SMILES string of the molecule is Cc1nn(C)c2[nH]c(=O)c3c(c12)C(N1CCN(C)CC1)CCC3.NC1CCC1. The van der Waals surface area contributed by atoms with Gasteiger partial charge in [-0.2, -0.15) is 5.10 Å². The van der Waals surface area contributed by atoms with Crippen molar-refractivity contribution in [1.82, 2.24) is 24.6 Å². The largest absolute Gasteiger partial charge is 0.328 e. The Morgan fingerprint density at radius 3 is 2.36 bits per heavy atom. The summed E-state index contributed by atoms with van der Waals surface area (Å²) in [5.41, 5.74) is 9.59. The summed E-state index contributed by atoms with van der Waals surface area (Å²) < 4.78 is 1.81. The van der Waals surface area contributed by atoms with Gasteiger partial charge in [-0.15, -0.1) is 0 Å². The molecule has 7 nitrogen and oxygen atoms in total. The van der Waals surface area contributed by atoms with Crippen LogP contribution in [0.25, 0.3) is 11.0 Å². The maximum Gasteiger partial charge on any atom is 0.253 e. The molecular weight excluding hydrogens is 352 g/mol. The van der Waals surface area contributed by atoms with Crippen molar-refractivity contribution in [3.63, 3.8) is 0 Å². The lowest BCUT2D eigenvalue weighted by atomic mass is 9.85. The van der Waals surface area contributed by atoms with E-state index in [1.807, 2.05) is 11.7 Å². The van der Waals surface area contributed by atoms with E-state index in [1.54, 1.807) is 0 Å². The molecule has 154 valence electrons. The molecular formula is C21H34N6O. The molecule has 0 bridgehead atoms. The molecule has 0 amide bonds. The predicted octanol–water partition coefficient (Wildman–Crippen LogP) is 1.69. The normalized spacial score (nSPS) is 23.8. The Kier molecular flexibility index (Phi) is 5.58. The molecule has 28 heavy (non-hydrogen) atoms. The molecule has 3 heterocycles. The van der Waals surface area contributed by atoms with E-state index in [0.29, 0.717) is 12.1 Å². The average molecular weight is 387 g/mol. The number of hydrogen-bond donors (Lipinski definition) is 2. The second kappa shape index (κ2) is 7.97. The number of aromatic nitrogens is 3. The molecule has 1 aliphatic heterocycles. The van der Waals surface area contributed by atoms with Gasteiger partial charge in [0.25, 0.3) is 5.56 Å². The maximum absolute atomic E-state index is 12.6. The number of piperazine rings is 1. The number of hydrogen-bond acceptors (Lipinski definition) is 5. The number of nitrogens with two attached hydrogens (primary N) is 1. The van der Waals surface area contributed by atoms with Crippen molar-refractivity contribution in [2.45, 2.75) is 57.5 Å². The van der Waals surface area contributed by atoms with Crippen LogP contribution in [0.3, 0.4) is 0 Å². The highest BCUT2D eigenvalue weighted by Gasteiger charge is 2.32. The van der Waals surface area contributed by atoms with Gasteiger partial charge in [-0.25, -0.2) is 0 Å². The van der Waals surface area contributed by atoms with Gasteiger partial charge in [0.2, 0.25) is 0 Å². The quantitative estimate of drug-likeness (QED) is 0.779. The van der Waals surface area contributed by atoms with E-state index in [-0.39, 0.29) is 5.56 Å². The van der Waals surface area contributed by atoms with Gasteiger partial charge in [0.15, 0.2) is 0 Å². The minimum atomic E-state index is 0.0781. The van der Waals surface area contributed by atoms with Gasteiger partial charge in [-0.3, -0.25) is 14.4 Å². The Balaban J connectivity index is 0.000000336. The number of fused-ring (bicyclic) bond motifs is 3. The fourth-order valence-corrected chi connectivity index (χ4v) is 4.75. The van der Waals surface area contributed by atoms with Crippen LogP contribution >= 0.6 is 0 Å². The first-order valence-corrected chi connectivity index (χ1v) is 10.7. The van der Waals surface area contributed by atoms with Crippen LogP contribution in [0, 0.1) is 6.92 Å². The lowest BCUT2D eigenvalue weighted by molar-refractivity contribution is 0.103. The van der Waals surface area contributed by atoms with Crippen molar-refractivity contribution in [3.8, 4) is 0 Å². The molecule has 2 aromatic rings. The number of nitrogens with zero attached hydrogens (tertiary/aromatic N) is 4. The lowest BCUT2D eigenvalue weighted by Gasteiger charge is -2.40. The van der Waals surface area contributed by atoms with Crippen LogP contribution in [-0.2, 0) is 13.5 Å². The van der Waals surface area contributed by atoms with E-state index in [2.05, 4.69) is 33.9 Å².